The third-order valence-corrected chi connectivity index (χ3v) is 6.93. The van der Waals surface area contributed by atoms with Gasteiger partial charge in [-0.05, 0) is 42.7 Å². The summed E-state index contributed by atoms with van der Waals surface area (Å²) in [6.07, 6.45) is 0.531. The van der Waals surface area contributed by atoms with Gasteiger partial charge in [0, 0.05) is 18.8 Å². The Kier molecular flexibility index (Phi) is 6.76. The Morgan fingerprint density at radius 1 is 1.26 bits per heavy atom. The van der Waals surface area contributed by atoms with E-state index in [0.29, 0.717) is 25.3 Å². The molecule has 0 radical (unpaired) electrons. The monoisotopic (exact) mass is 448 g/mol. The van der Waals surface area contributed by atoms with Crippen molar-refractivity contribution in [2.75, 3.05) is 36.6 Å². The zero-order valence-corrected chi connectivity index (χ0v) is 18.1. The second-order valence-electron chi connectivity index (χ2n) is 6.97. The Balaban J connectivity index is 1.69. The van der Waals surface area contributed by atoms with Gasteiger partial charge < -0.3 is 15.4 Å². The standard InChI is InChI=1S/C20H24N4O6S/c1-3-31(28,29)23-10-9-16-14(13-23)5-4-6-17(16)21-12-20(25)22-18-8-7-15(30-2)11-19(18)24(26)27/h4-8,11,21H,3,9-10,12-13H2,1-2H3,(H,22,25). The third kappa shape index (κ3) is 5.12. The number of methoxy groups -OCH3 is 1. The van der Waals surface area contributed by atoms with Crippen molar-refractivity contribution in [3.8, 4) is 5.75 Å². The number of nitrogens with one attached hydrogen (secondary N) is 2. The van der Waals surface area contributed by atoms with Gasteiger partial charge in [0.1, 0.15) is 11.4 Å². The van der Waals surface area contributed by atoms with E-state index in [0.717, 1.165) is 16.8 Å². The molecular formula is C20H24N4O6S. The lowest BCUT2D eigenvalue weighted by Gasteiger charge is -2.29. The maximum atomic E-state index is 12.4. The van der Waals surface area contributed by atoms with Crippen molar-refractivity contribution < 1.29 is 22.9 Å². The van der Waals surface area contributed by atoms with E-state index in [4.69, 9.17) is 4.74 Å². The number of nitro benzene ring substituents is 1. The maximum absolute atomic E-state index is 12.4. The summed E-state index contributed by atoms with van der Waals surface area (Å²) in [5.74, 6) is -0.0764. The van der Waals surface area contributed by atoms with Crippen molar-refractivity contribution in [1.82, 2.24) is 4.31 Å². The molecule has 10 nitrogen and oxygen atoms in total. The molecule has 11 heteroatoms. The van der Waals surface area contributed by atoms with Crippen LogP contribution < -0.4 is 15.4 Å². The Bertz CT molecular complexity index is 1100. The van der Waals surface area contributed by atoms with E-state index in [1.807, 2.05) is 12.1 Å². The topological polar surface area (TPSA) is 131 Å². The number of amides is 1. The van der Waals surface area contributed by atoms with Gasteiger partial charge >= 0.3 is 0 Å². The predicted octanol–water partition coefficient (Wildman–Crippen LogP) is 2.36. The van der Waals surface area contributed by atoms with Crippen LogP contribution in [0.5, 0.6) is 5.75 Å². The zero-order chi connectivity index (χ0) is 22.6. The minimum Gasteiger partial charge on any atom is -0.496 e. The number of fused-ring (bicyclic) bond motifs is 1. The average molecular weight is 449 g/mol. The number of hydrogen-bond acceptors (Lipinski definition) is 7. The van der Waals surface area contributed by atoms with Crippen LogP contribution >= 0.6 is 0 Å². The Hall–Kier alpha value is -3.18. The number of carbonyl (C=O) groups excluding carboxylic acids is 1. The SMILES string of the molecule is CCS(=O)(=O)N1CCc2c(cccc2NCC(=O)Nc2ccc(OC)cc2[N+](=O)[O-])C1. The van der Waals surface area contributed by atoms with Crippen LogP contribution in [0, 0.1) is 10.1 Å². The normalized spacial score (nSPS) is 13.9. The smallest absolute Gasteiger partial charge is 0.296 e. The summed E-state index contributed by atoms with van der Waals surface area (Å²) in [4.78, 5) is 23.1. The highest BCUT2D eigenvalue weighted by Gasteiger charge is 2.26. The second kappa shape index (κ2) is 9.31. The Labute approximate surface area is 180 Å². The van der Waals surface area contributed by atoms with Crippen molar-refractivity contribution in [2.45, 2.75) is 19.9 Å². The molecule has 1 aliphatic heterocycles. The molecule has 0 bridgehead atoms. The quantitative estimate of drug-likeness (QED) is 0.468. The highest BCUT2D eigenvalue weighted by molar-refractivity contribution is 7.89. The number of benzene rings is 2. The minimum absolute atomic E-state index is 0.0535. The minimum atomic E-state index is -3.27. The first kappa shape index (κ1) is 22.5. The molecule has 1 aliphatic rings. The predicted molar refractivity (Wildman–Crippen MR) is 117 cm³/mol. The van der Waals surface area contributed by atoms with Gasteiger partial charge in [0.25, 0.3) is 5.69 Å². The lowest BCUT2D eigenvalue weighted by atomic mass is 9.99. The first-order chi connectivity index (χ1) is 14.7. The molecule has 0 aliphatic carbocycles. The first-order valence-corrected chi connectivity index (χ1v) is 11.3. The Morgan fingerprint density at radius 2 is 2.03 bits per heavy atom. The van der Waals surface area contributed by atoms with Gasteiger partial charge in [-0.3, -0.25) is 14.9 Å². The van der Waals surface area contributed by atoms with Crippen LogP contribution in [-0.2, 0) is 27.8 Å². The molecule has 3 rings (SSSR count). The molecule has 0 atom stereocenters. The van der Waals surface area contributed by atoms with Gasteiger partial charge in [-0.2, -0.15) is 4.31 Å². The van der Waals surface area contributed by atoms with E-state index in [2.05, 4.69) is 10.6 Å². The highest BCUT2D eigenvalue weighted by Crippen LogP contribution is 2.30. The molecule has 0 fully saturated rings. The fraction of sp³-hybridized carbons (Fsp3) is 0.350. The third-order valence-electron chi connectivity index (χ3n) is 5.10. The fourth-order valence-electron chi connectivity index (χ4n) is 3.43. The van der Waals surface area contributed by atoms with Crippen LogP contribution in [0.3, 0.4) is 0 Å². The molecule has 1 heterocycles. The van der Waals surface area contributed by atoms with E-state index in [9.17, 15) is 23.3 Å². The number of rotatable bonds is 8. The van der Waals surface area contributed by atoms with Crippen LogP contribution in [0.4, 0.5) is 17.1 Å². The highest BCUT2D eigenvalue weighted by atomic mass is 32.2. The van der Waals surface area contributed by atoms with Gasteiger partial charge in [0.15, 0.2) is 0 Å². The Morgan fingerprint density at radius 3 is 2.71 bits per heavy atom. The lowest BCUT2D eigenvalue weighted by Crippen LogP contribution is -2.37. The van der Waals surface area contributed by atoms with Gasteiger partial charge in [0.2, 0.25) is 15.9 Å². The summed E-state index contributed by atoms with van der Waals surface area (Å²) in [5, 5.41) is 16.9. The van der Waals surface area contributed by atoms with E-state index in [1.165, 1.54) is 29.6 Å². The van der Waals surface area contributed by atoms with Crippen molar-refractivity contribution >= 4 is 33.0 Å². The van der Waals surface area contributed by atoms with Crippen LogP contribution in [-0.4, -0.2) is 49.5 Å². The molecule has 2 N–H and O–H groups in total. The summed E-state index contributed by atoms with van der Waals surface area (Å²) < 4.78 is 30.8. The van der Waals surface area contributed by atoms with Crippen molar-refractivity contribution in [2.24, 2.45) is 0 Å². The van der Waals surface area contributed by atoms with Gasteiger partial charge in [-0.25, -0.2) is 8.42 Å². The van der Waals surface area contributed by atoms with Gasteiger partial charge in [-0.15, -0.1) is 0 Å². The van der Waals surface area contributed by atoms with Crippen LogP contribution in [0.15, 0.2) is 36.4 Å². The summed E-state index contributed by atoms with van der Waals surface area (Å²) >= 11 is 0. The number of hydrogen-bond donors (Lipinski definition) is 2. The number of sulfonamides is 1. The second-order valence-corrected chi connectivity index (χ2v) is 9.23. The summed E-state index contributed by atoms with van der Waals surface area (Å²) in [6.45, 7) is 2.20. The number of carbonyl (C=O) groups is 1. The molecule has 0 spiro atoms. The van der Waals surface area contributed by atoms with Crippen molar-refractivity contribution in [3.63, 3.8) is 0 Å². The average Bonchev–Trinajstić information content (AvgIpc) is 2.77. The molecule has 2 aromatic carbocycles. The lowest BCUT2D eigenvalue weighted by molar-refractivity contribution is -0.384. The summed E-state index contributed by atoms with van der Waals surface area (Å²) in [7, 11) is -1.87. The molecule has 0 aromatic heterocycles. The summed E-state index contributed by atoms with van der Waals surface area (Å²) in [5.41, 5.74) is 2.41. The molecule has 2 aromatic rings. The molecule has 0 unspecified atom stereocenters. The van der Waals surface area contributed by atoms with Crippen molar-refractivity contribution in [1.29, 1.82) is 0 Å². The molecule has 1 amide bonds. The van der Waals surface area contributed by atoms with Crippen LogP contribution in [0.2, 0.25) is 0 Å². The molecular weight excluding hydrogens is 424 g/mol. The number of anilines is 2. The van der Waals surface area contributed by atoms with E-state index in [-0.39, 0.29) is 23.7 Å². The van der Waals surface area contributed by atoms with Crippen molar-refractivity contribution in [3.05, 3.63) is 57.6 Å². The fourth-order valence-corrected chi connectivity index (χ4v) is 4.50. The number of nitrogens with zero attached hydrogens (tertiary/aromatic N) is 2. The zero-order valence-electron chi connectivity index (χ0n) is 17.3. The van der Waals surface area contributed by atoms with Gasteiger partial charge in [-0.1, -0.05) is 12.1 Å². The maximum Gasteiger partial charge on any atom is 0.296 e. The number of ether oxygens (including phenoxy) is 1. The molecule has 31 heavy (non-hydrogen) atoms. The van der Waals surface area contributed by atoms with Crippen LogP contribution in [0.25, 0.3) is 0 Å². The van der Waals surface area contributed by atoms with Gasteiger partial charge in [0.05, 0.1) is 30.4 Å². The molecule has 0 saturated heterocycles. The van der Waals surface area contributed by atoms with E-state index < -0.39 is 20.9 Å². The molecule has 166 valence electrons. The van der Waals surface area contributed by atoms with E-state index >= 15 is 0 Å². The number of nitro groups is 1. The first-order valence-electron chi connectivity index (χ1n) is 9.70. The van der Waals surface area contributed by atoms with E-state index in [1.54, 1.807) is 13.0 Å². The largest absolute Gasteiger partial charge is 0.496 e. The van der Waals surface area contributed by atoms with Crippen LogP contribution in [0.1, 0.15) is 18.1 Å². The molecule has 0 saturated carbocycles. The summed E-state index contributed by atoms with van der Waals surface area (Å²) in [6, 6.07) is 9.69.